The first-order valence-corrected chi connectivity index (χ1v) is 7.68. The molecule has 0 spiro atoms. The highest BCUT2D eigenvalue weighted by atomic mass is 35.5. The lowest BCUT2D eigenvalue weighted by molar-refractivity contribution is 0.601. The highest BCUT2D eigenvalue weighted by Gasteiger charge is 2.17. The predicted molar refractivity (Wildman–Crippen MR) is 80.4 cm³/mol. The number of hydrogen-bond donors (Lipinski definition) is 2. The van der Waals surface area contributed by atoms with E-state index in [0.29, 0.717) is 22.0 Å². The van der Waals surface area contributed by atoms with Crippen molar-refractivity contribution in [3.05, 3.63) is 46.6 Å². The first kappa shape index (κ1) is 14.6. The number of sulfonamides is 1. The molecule has 0 unspecified atom stereocenters. The number of nitrogen functional groups attached to an aromatic ring is 1. The first-order chi connectivity index (χ1) is 9.29. The Kier molecular flexibility index (Phi) is 3.87. The van der Waals surface area contributed by atoms with Crippen LogP contribution in [0.5, 0.6) is 0 Å². The normalized spacial score (nSPS) is 11.3. The van der Waals surface area contributed by atoms with E-state index >= 15 is 0 Å². The molecule has 106 valence electrons. The van der Waals surface area contributed by atoms with Crippen LogP contribution in [-0.4, -0.2) is 13.4 Å². The van der Waals surface area contributed by atoms with Gasteiger partial charge in [-0.2, -0.15) is 0 Å². The first-order valence-electron chi connectivity index (χ1n) is 5.82. The molecule has 3 N–H and O–H groups in total. The number of nitrogens with zero attached hydrogens (tertiary/aromatic N) is 1. The molecule has 0 saturated carbocycles. The minimum Gasteiger partial charge on any atom is -0.398 e. The molecule has 7 heteroatoms. The molecule has 5 nitrogen and oxygen atoms in total. The minimum atomic E-state index is -3.77. The maximum absolute atomic E-state index is 12.3. The second kappa shape index (κ2) is 5.30. The molecule has 0 aliphatic carbocycles. The van der Waals surface area contributed by atoms with E-state index in [9.17, 15) is 8.42 Å². The lowest BCUT2D eigenvalue weighted by Gasteiger charge is -2.10. The van der Waals surface area contributed by atoms with Crippen molar-refractivity contribution in [2.75, 3.05) is 10.5 Å². The summed E-state index contributed by atoms with van der Waals surface area (Å²) in [6.45, 7) is 3.50. The van der Waals surface area contributed by atoms with Crippen LogP contribution in [0.25, 0.3) is 0 Å². The smallest absolute Gasteiger partial charge is 0.263 e. The SMILES string of the molecule is Cc1cccc(NS(=O)(=O)c2cc(N)c(C)c(Cl)c2)n1. The van der Waals surface area contributed by atoms with Gasteiger partial charge in [0.05, 0.1) is 4.90 Å². The summed E-state index contributed by atoms with van der Waals surface area (Å²) in [6.07, 6.45) is 0. The van der Waals surface area contributed by atoms with Crippen LogP contribution >= 0.6 is 11.6 Å². The van der Waals surface area contributed by atoms with Crippen molar-refractivity contribution in [1.82, 2.24) is 4.98 Å². The van der Waals surface area contributed by atoms with E-state index in [1.807, 2.05) is 0 Å². The molecule has 0 aliphatic rings. The van der Waals surface area contributed by atoms with Gasteiger partial charge in [0.2, 0.25) is 0 Å². The zero-order valence-corrected chi connectivity index (χ0v) is 12.6. The molecule has 0 saturated heterocycles. The summed E-state index contributed by atoms with van der Waals surface area (Å²) in [5, 5.41) is 0.308. The second-order valence-electron chi connectivity index (χ2n) is 4.39. The van der Waals surface area contributed by atoms with E-state index in [4.69, 9.17) is 17.3 Å². The molecular weight excluding hydrogens is 298 g/mol. The lowest BCUT2D eigenvalue weighted by atomic mass is 10.2. The molecule has 0 atom stereocenters. The van der Waals surface area contributed by atoms with Gasteiger partial charge in [0, 0.05) is 16.4 Å². The van der Waals surface area contributed by atoms with Crippen molar-refractivity contribution in [2.24, 2.45) is 0 Å². The van der Waals surface area contributed by atoms with Crippen LogP contribution in [0.4, 0.5) is 11.5 Å². The summed E-state index contributed by atoms with van der Waals surface area (Å²) in [4.78, 5) is 4.10. The van der Waals surface area contributed by atoms with Gasteiger partial charge >= 0.3 is 0 Å². The molecule has 2 aromatic rings. The Hall–Kier alpha value is -1.79. The largest absolute Gasteiger partial charge is 0.398 e. The third-order valence-corrected chi connectivity index (χ3v) is 4.52. The number of aryl methyl sites for hydroxylation is 1. The van der Waals surface area contributed by atoms with Crippen molar-refractivity contribution >= 4 is 33.1 Å². The standard InChI is InChI=1S/C13H14ClN3O2S/c1-8-4-3-5-13(16-8)17-20(18,19)10-6-11(14)9(2)12(15)7-10/h3-7H,15H2,1-2H3,(H,16,17). The lowest BCUT2D eigenvalue weighted by Crippen LogP contribution is -2.14. The number of anilines is 2. The Bertz CT molecular complexity index is 737. The van der Waals surface area contributed by atoms with Crippen molar-refractivity contribution in [2.45, 2.75) is 18.7 Å². The summed E-state index contributed by atoms with van der Waals surface area (Å²) in [5.74, 6) is 0.250. The average molecular weight is 312 g/mol. The van der Waals surface area contributed by atoms with Gasteiger partial charge in [-0.1, -0.05) is 17.7 Å². The van der Waals surface area contributed by atoms with Gasteiger partial charge in [0.15, 0.2) is 0 Å². The van der Waals surface area contributed by atoms with Gasteiger partial charge in [-0.05, 0) is 43.7 Å². The van der Waals surface area contributed by atoms with Gasteiger partial charge in [-0.3, -0.25) is 4.72 Å². The van der Waals surface area contributed by atoms with Crippen molar-refractivity contribution in [3.63, 3.8) is 0 Å². The monoisotopic (exact) mass is 311 g/mol. The Morgan fingerprint density at radius 1 is 1.25 bits per heavy atom. The summed E-state index contributed by atoms with van der Waals surface area (Å²) >= 11 is 5.97. The van der Waals surface area contributed by atoms with E-state index in [-0.39, 0.29) is 10.7 Å². The van der Waals surface area contributed by atoms with E-state index in [1.165, 1.54) is 12.1 Å². The number of aromatic nitrogens is 1. The molecule has 20 heavy (non-hydrogen) atoms. The molecule has 0 fully saturated rings. The number of benzene rings is 1. The molecule has 0 bridgehead atoms. The van der Waals surface area contributed by atoms with Crippen molar-refractivity contribution in [3.8, 4) is 0 Å². The summed E-state index contributed by atoms with van der Waals surface area (Å²) in [5.41, 5.74) is 7.44. The Morgan fingerprint density at radius 3 is 2.55 bits per heavy atom. The van der Waals surface area contributed by atoms with Gasteiger partial charge in [-0.25, -0.2) is 13.4 Å². The maximum Gasteiger partial charge on any atom is 0.263 e. The fraction of sp³-hybridized carbons (Fsp3) is 0.154. The molecule has 1 aromatic heterocycles. The van der Waals surface area contributed by atoms with Crippen LogP contribution < -0.4 is 10.5 Å². The highest BCUT2D eigenvalue weighted by Crippen LogP contribution is 2.26. The molecule has 0 amide bonds. The van der Waals surface area contributed by atoms with Gasteiger partial charge in [0.1, 0.15) is 5.82 Å². The van der Waals surface area contributed by atoms with Crippen LogP contribution in [-0.2, 0) is 10.0 Å². The summed E-state index contributed by atoms with van der Waals surface area (Å²) in [6, 6.07) is 7.81. The number of rotatable bonds is 3. The molecular formula is C13H14ClN3O2S. The van der Waals surface area contributed by atoms with E-state index in [0.717, 1.165) is 0 Å². The third kappa shape index (κ3) is 3.02. The Balaban J connectivity index is 2.41. The van der Waals surface area contributed by atoms with Gasteiger partial charge in [0.25, 0.3) is 10.0 Å². The average Bonchev–Trinajstić information content (AvgIpc) is 2.34. The van der Waals surface area contributed by atoms with Gasteiger partial charge in [-0.15, -0.1) is 0 Å². The quantitative estimate of drug-likeness (QED) is 0.853. The Labute approximate surface area is 122 Å². The third-order valence-electron chi connectivity index (χ3n) is 2.80. The highest BCUT2D eigenvalue weighted by molar-refractivity contribution is 7.92. The second-order valence-corrected chi connectivity index (χ2v) is 6.48. The van der Waals surface area contributed by atoms with Crippen LogP contribution in [0, 0.1) is 13.8 Å². The number of nitrogens with two attached hydrogens (primary N) is 1. The van der Waals surface area contributed by atoms with Gasteiger partial charge < -0.3 is 5.73 Å². The van der Waals surface area contributed by atoms with Crippen LogP contribution in [0.15, 0.2) is 35.2 Å². The predicted octanol–water partition coefficient (Wildman–Crippen LogP) is 2.73. The summed E-state index contributed by atoms with van der Waals surface area (Å²) < 4.78 is 26.9. The molecule has 2 rings (SSSR count). The number of nitrogens with one attached hydrogen (secondary N) is 1. The van der Waals surface area contributed by atoms with Crippen LogP contribution in [0.1, 0.15) is 11.3 Å². The van der Waals surface area contributed by atoms with E-state index < -0.39 is 10.0 Å². The zero-order valence-electron chi connectivity index (χ0n) is 11.0. The van der Waals surface area contributed by atoms with Crippen LogP contribution in [0.2, 0.25) is 5.02 Å². The van der Waals surface area contributed by atoms with E-state index in [1.54, 1.807) is 32.0 Å². The molecule has 1 aromatic carbocycles. The molecule has 0 radical (unpaired) electrons. The topological polar surface area (TPSA) is 85.1 Å². The zero-order chi connectivity index (χ0) is 14.9. The summed E-state index contributed by atoms with van der Waals surface area (Å²) in [7, 11) is -3.77. The fourth-order valence-corrected chi connectivity index (χ4v) is 2.98. The van der Waals surface area contributed by atoms with Crippen LogP contribution in [0.3, 0.4) is 0 Å². The molecule has 0 aliphatic heterocycles. The molecule has 1 heterocycles. The number of halogens is 1. The Morgan fingerprint density at radius 2 is 1.95 bits per heavy atom. The van der Waals surface area contributed by atoms with Crippen molar-refractivity contribution < 1.29 is 8.42 Å². The van der Waals surface area contributed by atoms with E-state index in [2.05, 4.69) is 9.71 Å². The van der Waals surface area contributed by atoms with Crippen molar-refractivity contribution in [1.29, 1.82) is 0 Å². The number of hydrogen-bond acceptors (Lipinski definition) is 4. The number of pyridine rings is 1. The minimum absolute atomic E-state index is 0.00825. The fourth-order valence-electron chi connectivity index (χ4n) is 1.63. The maximum atomic E-state index is 12.3.